The second-order valence-corrected chi connectivity index (χ2v) is 3.44. The predicted octanol–water partition coefficient (Wildman–Crippen LogP) is 1.13. The first-order chi connectivity index (χ1) is 11.9. The second-order valence-electron chi connectivity index (χ2n) is 3.44. The smallest absolute Gasteiger partial charge is 0.327 e. The summed E-state index contributed by atoms with van der Waals surface area (Å²) < 4.78 is 0. The summed E-state index contributed by atoms with van der Waals surface area (Å²) in [5.41, 5.74) is 0. The fraction of sp³-hybridized carbons (Fsp3) is 0.250. The molecule has 150 valence electrons. The molecule has 0 aliphatic carbocycles. The highest BCUT2D eigenvalue weighted by Gasteiger charge is 1.89. The van der Waals surface area contributed by atoms with Crippen LogP contribution in [0.1, 0.15) is 19.8 Å². The van der Waals surface area contributed by atoms with E-state index in [0.717, 1.165) is 30.7 Å². The minimum atomic E-state index is -1.10. The summed E-state index contributed by atoms with van der Waals surface area (Å²) in [5.74, 6) is -3.93. The van der Waals surface area contributed by atoms with Gasteiger partial charge in [-0.05, 0) is 6.42 Å². The molecular weight excluding hydrogens is 352 g/mol. The summed E-state index contributed by atoms with van der Waals surface area (Å²) in [6.45, 7) is 13.7. The second kappa shape index (κ2) is 29.7. The van der Waals surface area contributed by atoms with Crippen LogP contribution in [0.3, 0.4) is 0 Å². The largest absolute Gasteiger partial charge is 0.478 e. The van der Waals surface area contributed by atoms with Crippen molar-refractivity contribution in [3.8, 4) is 0 Å². The number of aliphatic hydroxyl groups is 2. The Morgan fingerprint density at radius 3 is 0.846 bits per heavy atom. The maximum absolute atomic E-state index is 9.25. The van der Waals surface area contributed by atoms with Crippen molar-refractivity contribution < 1.29 is 49.8 Å². The highest BCUT2D eigenvalue weighted by Crippen LogP contribution is 1.88. The van der Waals surface area contributed by atoms with E-state index >= 15 is 0 Å². The van der Waals surface area contributed by atoms with Gasteiger partial charge in [-0.15, -0.1) is 0 Å². The molecule has 0 heterocycles. The molecule has 0 spiro atoms. The van der Waals surface area contributed by atoms with Crippen LogP contribution in [0.4, 0.5) is 0 Å². The summed E-state index contributed by atoms with van der Waals surface area (Å²) >= 11 is 0. The average Bonchev–Trinajstić information content (AvgIpc) is 2.56. The third-order valence-electron chi connectivity index (χ3n) is 1.25. The van der Waals surface area contributed by atoms with Gasteiger partial charge in [-0.3, -0.25) is 0 Å². The fourth-order valence-corrected chi connectivity index (χ4v) is 0.258. The average molecular weight is 378 g/mol. The van der Waals surface area contributed by atoms with Gasteiger partial charge in [-0.25, -0.2) is 19.2 Å². The standard InChI is InChI=1S/C4H10O2.4C3H4O2/c1-2-3-4(5)6;4*1-2-3(4)5/h4-6H,2-3H2,1H3;4*2H,1H2,(H,4,5). The highest BCUT2D eigenvalue weighted by molar-refractivity contribution is 5.79. The van der Waals surface area contributed by atoms with E-state index in [-0.39, 0.29) is 0 Å². The Labute approximate surface area is 151 Å². The van der Waals surface area contributed by atoms with Crippen LogP contribution in [0.25, 0.3) is 0 Å². The number of carboxylic acid groups (broad SMARTS) is 4. The minimum absolute atomic E-state index is 0.486. The van der Waals surface area contributed by atoms with Gasteiger partial charge in [0.05, 0.1) is 0 Å². The first-order valence-electron chi connectivity index (χ1n) is 6.63. The van der Waals surface area contributed by atoms with E-state index < -0.39 is 30.2 Å². The molecular formula is C16H26O10. The monoisotopic (exact) mass is 378 g/mol. The highest BCUT2D eigenvalue weighted by atomic mass is 16.5. The number of rotatable bonds is 6. The number of carbonyl (C=O) groups is 4. The first kappa shape index (κ1) is 34.2. The number of hydrogen-bond donors (Lipinski definition) is 6. The van der Waals surface area contributed by atoms with Crippen LogP contribution in [0, 0.1) is 0 Å². The molecule has 0 aromatic rings. The summed E-state index contributed by atoms with van der Waals surface area (Å²) in [4.78, 5) is 37.0. The van der Waals surface area contributed by atoms with E-state index in [0.29, 0.717) is 6.42 Å². The van der Waals surface area contributed by atoms with E-state index in [9.17, 15) is 19.2 Å². The van der Waals surface area contributed by atoms with Gasteiger partial charge in [0.15, 0.2) is 6.29 Å². The van der Waals surface area contributed by atoms with Crippen molar-refractivity contribution in [2.45, 2.75) is 26.1 Å². The van der Waals surface area contributed by atoms with Gasteiger partial charge < -0.3 is 30.6 Å². The molecule has 6 N–H and O–H groups in total. The predicted molar refractivity (Wildman–Crippen MR) is 94.5 cm³/mol. The lowest BCUT2D eigenvalue weighted by atomic mass is 10.3. The van der Waals surface area contributed by atoms with Gasteiger partial charge in [0.2, 0.25) is 0 Å². The lowest BCUT2D eigenvalue weighted by Crippen LogP contribution is -2.01. The van der Waals surface area contributed by atoms with Crippen LogP contribution in [-0.4, -0.2) is 60.8 Å². The fourth-order valence-electron chi connectivity index (χ4n) is 0.258. The van der Waals surface area contributed by atoms with Crippen molar-refractivity contribution in [2.24, 2.45) is 0 Å². The summed E-state index contributed by atoms with van der Waals surface area (Å²) in [6.07, 6.45) is 3.55. The van der Waals surface area contributed by atoms with Crippen molar-refractivity contribution in [1.82, 2.24) is 0 Å². The number of aliphatic carboxylic acids is 4. The van der Waals surface area contributed by atoms with Gasteiger partial charge in [-0.1, -0.05) is 39.7 Å². The van der Waals surface area contributed by atoms with E-state index in [2.05, 4.69) is 26.3 Å². The van der Waals surface area contributed by atoms with Crippen LogP contribution in [0.2, 0.25) is 0 Å². The normalized spacial score (nSPS) is 7.23. The zero-order valence-corrected chi connectivity index (χ0v) is 14.4. The molecule has 0 rings (SSSR count). The zero-order chi connectivity index (χ0) is 22.1. The molecule has 0 aromatic carbocycles. The molecule has 0 saturated heterocycles. The molecule has 0 atom stereocenters. The zero-order valence-electron chi connectivity index (χ0n) is 14.4. The number of hydrogen-bond acceptors (Lipinski definition) is 6. The molecule has 0 unspecified atom stereocenters. The van der Waals surface area contributed by atoms with Crippen molar-refractivity contribution in [3.63, 3.8) is 0 Å². The summed E-state index contributed by atoms with van der Waals surface area (Å²) in [7, 11) is 0. The van der Waals surface area contributed by atoms with E-state index in [1.54, 1.807) is 0 Å². The van der Waals surface area contributed by atoms with Crippen molar-refractivity contribution >= 4 is 23.9 Å². The van der Waals surface area contributed by atoms with Crippen molar-refractivity contribution in [1.29, 1.82) is 0 Å². The molecule has 10 heteroatoms. The van der Waals surface area contributed by atoms with Crippen LogP contribution in [-0.2, 0) is 19.2 Å². The maximum atomic E-state index is 9.25. The summed E-state index contributed by atoms with van der Waals surface area (Å²) in [6, 6.07) is 0. The maximum Gasteiger partial charge on any atom is 0.327 e. The third kappa shape index (κ3) is 135. The molecule has 0 saturated carbocycles. The van der Waals surface area contributed by atoms with Gasteiger partial charge in [0, 0.05) is 24.3 Å². The quantitative estimate of drug-likeness (QED) is 0.288. The minimum Gasteiger partial charge on any atom is -0.478 e. The van der Waals surface area contributed by atoms with Crippen LogP contribution in [0.5, 0.6) is 0 Å². The van der Waals surface area contributed by atoms with Gasteiger partial charge in [0.25, 0.3) is 0 Å². The lowest BCUT2D eigenvalue weighted by Gasteiger charge is -1.94. The molecule has 0 aliphatic heterocycles. The van der Waals surface area contributed by atoms with E-state index in [1.165, 1.54) is 0 Å². The Bertz CT molecular complexity index is 366. The Balaban J connectivity index is -0.0000000708. The topological polar surface area (TPSA) is 190 Å². The molecule has 26 heavy (non-hydrogen) atoms. The molecule has 0 radical (unpaired) electrons. The van der Waals surface area contributed by atoms with E-state index in [4.69, 9.17) is 30.6 Å². The van der Waals surface area contributed by atoms with Crippen molar-refractivity contribution in [2.75, 3.05) is 0 Å². The Morgan fingerprint density at radius 1 is 0.692 bits per heavy atom. The Hall–Kier alpha value is -3.24. The van der Waals surface area contributed by atoms with Crippen LogP contribution in [0.15, 0.2) is 50.6 Å². The third-order valence-corrected chi connectivity index (χ3v) is 1.25. The summed E-state index contributed by atoms with van der Waals surface area (Å²) in [5, 5.41) is 46.6. The van der Waals surface area contributed by atoms with Crippen LogP contribution >= 0.6 is 0 Å². The van der Waals surface area contributed by atoms with E-state index in [1.807, 2.05) is 6.92 Å². The molecule has 0 aliphatic rings. The Morgan fingerprint density at radius 2 is 0.846 bits per heavy atom. The van der Waals surface area contributed by atoms with Crippen molar-refractivity contribution in [3.05, 3.63) is 50.6 Å². The number of aliphatic hydroxyl groups excluding tert-OH is 1. The molecule has 10 nitrogen and oxygen atoms in total. The van der Waals surface area contributed by atoms with Gasteiger partial charge >= 0.3 is 23.9 Å². The van der Waals surface area contributed by atoms with Crippen LogP contribution < -0.4 is 0 Å². The number of carboxylic acids is 4. The SMILES string of the molecule is C=CC(=O)O.C=CC(=O)O.C=CC(=O)O.C=CC(=O)O.CCCC(O)O. The molecule has 0 fully saturated rings. The van der Waals surface area contributed by atoms with Gasteiger partial charge in [-0.2, -0.15) is 0 Å². The molecule has 0 aromatic heterocycles. The molecule has 0 bridgehead atoms. The molecule has 0 amide bonds. The van der Waals surface area contributed by atoms with Gasteiger partial charge in [0.1, 0.15) is 0 Å². The Kier molecular flexibility index (Phi) is 39.1. The lowest BCUT2D eigenvalue weighted by molar-refractivity contribution is -0.132. The first-order valence-corrected chi connectivity index (χ1v) is 6.63.